The molecule has 2 atom stereocenters. The first-order valence-corrected chi connectivity index (χ1v) is 8.35. The van der Waals surface area contributed by atoms with Crippen LogP contribution in [0.5, 0.6) is 0 Å². The lowest BCUT2D eigenvalue weighted by Crippen LogP contribution is -2.41. The van der Waals surface area contributed by atoms with Crippen LogP contribution in [0.3, 0.4) is 0 Å². The third-order valence-corrected chi connectivity index (χ3v) is 5.06. The van der Waals surface area contributed by atoms with Crippen LogP contribution in [-0.2, 0) is 29.1 Å². The molecule has 3 rings (SSSR count). The number of carbonyl (C=O) groups excluding carboxylic acids is 1. The van der Waals surface area contributed by atoms with Gasteiger partial charge in [-0.1, -0.05) is 18.2 Å². The van der Waals surface area contributed by atoms with E-state index in [1.807, 2.05) is 0 Å². The summed E-state index contributed by atoms with van der Waals surface area (Å²) in [5.74, 6) is 0.130. The topological polar surface area (TPSA) is 41.6 Å². The van der Waals surface area contributed by atoms with Crippen LogP contribution in [0.2, 0.25) is 0 Å². The van der Waals surface area contributed by atoms with Crippen molar-refractivity contribution in [1.82, 2.24) is 10.2 Å². The smallest absolute Gasteiger partial charge is 0.234 e. The number of ether oxygens (including phenoxy) is 1. The molecule has 4 nitrogen and oxygen atoms in total. The third-order valence-electron chi connectivity index (χ3n) is 5.06. The third kappa shape index (κ3) is 3.33. The van der Waals surface area contributed by atoms with Gasteiger partial charge in [0.2, 0.25) is 5.91 Å². The fraction of sp³-hybridized carbons (Fsp3) is 0.611. The molecule has 1 aromatic carbocycles. The Kier molecular flexibility index (Phi) is 4.79. The summed E-state index contributed by atoms with van der Waals surface area (Å²) in [4.78, 5) is 14.6. The Morgan fingerprint density at radius 3 is 2.86 bits per heavy atom. The lowest BCUT2D eigenvalue weighted by Gasteiger charge is -2.25. The van der Waals surface area contributed by atoms with E-state index in [-0.39, 0.29) is 5.91 Å². The summed E-state index contributed by atoms with van der Waals surface area (Å²) in [5, 5.41) is 3.10. The molecule has 22 heavy (non-hydrogen) atoms. The van der Waals surface area contributed by atoms with Gasteiger partial charge in [0, 0.05) is 18.6 Å². The van der Waals surface area contributed by atoms with Gasteiger partial charge in [-0.25, -0.2) is 0 Å². The fourth-order valence-corrected chi connectivity index (χ4v) is 3.64. The van der Waals surface area contributed by atoms with E-state index in [9.17, 15) is 4.79 Å². The van der Waals surface area contributed by atoms with Crippen molar-refractivity contribution in [3.63, 3.8) is 0 Å². The van der Waals surface area contributed by atoms with Crippen molar-refractivity contribution in [2.45, 2.75) is 58.3 Å². The van der Waals surface area contributed by atoms with Crippen LogP contribution >= 0.6 is 0 Å². The summed E-state index contributed by atoms with van der Waals surface area (Å²) < 4.78 is 5.49. The molecule has 1 N–H and O–H groups in total. The Balaban J connectivity index is 1.57. The molecule has 0 bridgehead atoms. The molecule has 0 aliphatic carbocycles. The number of nitrogens with zero attached hydrogens (tertiary/aromatic N) is 1. The predicted molar refractivity (Wildman–Crippen MR) is 86.5 cm³/mol. The monoisotopic (exact) mass is 302 g/mol. The fourth-order valence-electron chi connectivity index (χ4n) is 3.64. The minimum atomic E-state index is 0.130. The molecule has 1 fully saturated rings. The van der Waals surface area contributed by atoms with Gasteiger partial charge in [-0.3, -0.25) is 9.69 Å². The zero-order chi connectivity index (χ0) is 15.5. The first-order valence-electron chi connectivity index (χ1n) is 8.35. The zero-order valence-electron chi connectivity index (χ0n) is 13.6. The Morgan fingerprint density at radius 1 is 1.32 bits per heavy atom. The number of likely N-dealkylation sites (tertiary alicyclic amines) is 1. The van der Waals surface area contributed by atoms with E-state index >= 15 is 0 Å². The largest absolute Gasteiger partial charge is 0.376 e. The van der Waals surface area contributed by atoms with E-state index in [2.05, 4.69) is 42.3 Å². The second-order valence-electron chi connectivity index (χ2n) is 6.58. The number of carbonyl (C=O) groups is 1. The average Bonchev–Trinajstić information content (AvgIpc) is 2.85. The summed E-state index contributed by atoms with van der Waals surface area (Å²) in [6.07, 6.45) is 3.34. The number of hydrogen-bond acceptors (Lipinski definition) is 3. The van der Waals surface area contributed by atoms with E-state index in [0.717, 1.165) is 13.0 Å². The highest BCUT2D eigenvalue weighted by Gasteiger charge is 2.28. The molecule has 4 heteroatoms. The Hall–Kier alpha value is -1.39. The Morgan fingerprint density at radius 2 is 2.09 bits per heavy atom. The van der Waals surface area contributed by atoms with Crippen LogP contribution in [0.1, 0.15) is 43.4 Å². The summed E-state index contributed by atoms with van der Waals surface area (Å²) in [5.41, 5.74) is 3.86. The highest BCUT2D eigenvalue weighted by molar-refractivity contribution is 5.78. The zero-order valence-corrected chi connectivity index (χ0v) is 13.6. The van der Waals surface area contributed by atoms with Gasteiger partial charge >= 0.3 is 0 Å². The van der Waals surface area contributed by atoms with Crippen LogP contribution < -0.4 is 5.32 Å². The SMILES string of the molecule is CC1CCC(C)N1CC(=O)NCc1cccc2c1CCOC2. The maximum atomic E-state index is 12.3. The first-order chi connectivity index (χ1) is 10.6. The number of hydrogen-bond donors (Lipinski definition) is 1. The van der Waals surface area contributed by atoms with Crippen molar-refractivity contribution in [1.29, 1.82) is 0 Å². The predicted octanol–water partition coefficient (Wildman–Crippen LogP) is 2.25. The number of rotatable bonds is 4. The molecule has 0 radical (unpaired) electrons. The second-order valence-corrected chi connectivity index (χ2v) is 6.58. The molecule has 0 spiro atoms. The van der Waals surface area contributed by atoms with E-state index in [1.165, 1.54) is 29.5 Å². The highest BCUT2D eigenvalue weighted by Crippen LogP contribution is 2.23. The molecule has 2 aliphatic rings. The van der Waals surface area contributed by atoms with Gasteiger partial charge in [-0.2, -0.15) is 0 Å². The molecule has 1 amide bonds. The molecule has 2 aliphatic heterocycles. The average molecular weight is 302 g/mol. The van der Waals surface area contributed by atoms with Gasteiger partial charge in [0.1, 0.15) is 0 Å². The Labute approximate surface area is 132 Å². The van der Waals surface area contributed by atoms with Gasteiger partial charge < -0.3 is 10.1 Å². The summed E-state index contributed by atoms with van der Waals surface area (Å²) >= 11 is 0. The number of nitrogens with one attached hydrogen (secondary N) is 1. The van der Waals surface area contributed by atoms with Gasteiger partial charge in [0.05, 0.1) is 19.8 Å². The Bertz CT molecular complexity index is 534. The molecule has 120 valence electrons. The first kappa shape index (κ1) is 15.5. The number of amides is 1. The molecular formula is C18H26N2O2. The van der Waals surface area contributed by atoms with E-state index < -0.39 is 0 Å². The quantitative estimate of drug-likeness (QED) is 0.927. The number of fused-ring (bicyclic) bond motifs is 1. The maximum Gasteiger partial charge on any atom is 0.234 e. The van der Waals surface area contributed by atoms with Crippen molar-refractivity contribution in [3.05, 3.63) is 34.9 Å². The van der Waals surface area contributed by atoms with Crippen LogP contribution in [0.25, 0.3) is 0 Å². The van der Waals surface area contributed by atoms with Crippen molar-refractivity contribution in [2.24, 2.45) is 0 Å². The lowest BCUT2D eigenvalue weighted by molar-refractivity contribution is -0.123. The van der Waals surface area contributed by atoms with Crippen molar-refractivity contribution in [3.8, 4) is 0 Å². The van der Waals surface area contributed by atoms with E-state index in [0.29, 0.717) is 31.8 Å². The van der Waals surface area contributed by atoms with Crippen LogP contribution in [-0.4, -0.2) is 36.0 Å². The van der Waals surface area contributed by atoms with Crippen LogP contribution in [0.4, 0.5) is 0 Å². The highest BCUT2D eigenvalue weighted by atomic mass is 16.5. The molecule has 2 heterocycles. The van der Waals surface area contributed by atoms with Crippen molar-refractivity contribution in [2.75, 3.05) is 13.2 Å². The molecule has 0 aromatic heterocycles. The van der Waals surface area contributed by atoms with Crippen molar-refractivity contribution < 1.29 is 9.53 Å². The standard InChI is InChI=1S/C18H26N2O2/c1-13-6-7-14(2)20(13)11-18(21)19-10-15-4-3-5-16-12-22-9-8-17(15)16/h3-5,13-14H,6-12H2,1-2H3,(H,19,21). The summed E-state index contributed by atoms with van der Waals surface area (Å²) in [6.45, 7) is 7.04. The summed E-state index contributed by atoms with van der Waals surface area (Å²) in [7, 11) is 0. The van der Waals surface area contributed by atoms with Crippen molar-refractivity contribution >= 4 is 5.91 Å². The van der Waals surface area contributed by atoms with Gasteiger partial charge in [0.25, 0.3) is 0 Å². The molecule has 2 unspecified atom stereocenters. The minimum Gasteiger partial charge on any atom is -0.376 e. The molecule has 1 saturated heterocycles. The molecule has 0 saturated carbocycles. The van der Waals surface area contributed by atoms with Crippen LogP contribution in [0.15, 0.2) is 18.2 Å². The summed E-state index contributed by atoms with van der Waals surface area (Å²) in [6, 6.07) is 7.32. The number of benzene rings is 1. The molecule has 1 aromatic rings. The second kappa shape index (κ2) is 6.80. The van der Waals surface area contributed by atoms with Gasteiger partial charge in [0.15, 0.2) is 0 Å². The normalized spacial score (nSPS) is 25.0. The van der Waals surface area contributed by atoms with Gasteiger partial charge in [-0.05, 0) is 49.8 Å². The van der Waals surface area contributed by atoms with Gasteiger partial charge in [-0.15, -0.1) is 0 Å². The van der Waals surface area contributed by atoms with Crippen LogP contribution in [0, 0.1) is 0 Å². The maximum absolute atomic E-state index is 12.3. The van der Waals surface area contributed by atoms with E-state index in [4.69, 9.17) is 4.74 Å². The van der Waals surface area contributed by atoms with E-state index in [1.54, 1.807) is 0 Å². The lowest BCUT2D eigenvalue weighted by atomic mass is 9.97. The minimum absolute atomic E-state index is 0.130. The molecular weight excluding hydrogens is 276 g/mol.